The average molecular weight is 319 g/mol. The quantitative estimate of drug-likeness (QED) is 0.704. The molecule has 1 fully saturated rings. The Labute approximate surface area is 139 Å². The highest BCUT2D eigenvalue weighted by atomic mass is 16.5. The number of rotatable bonds is 9. The van der Waals surface area contributed by atoms with Crippen LogP contribution in [0.15, 0.2) is 24.3 Å². The van der Waals surface area contributed by atoms with E-state index >= 15 is 0 Å². The molecule has 1 N–H and O–H groups in total. The average Bonchev–Trinajstić information content (AvgIpc) is 2.90. The Morgan fingerprint density at radius 3 is 2.96 bits per heavy atom. The summed E-state index contributed by atoms with van der Waals surface area (Å²) in [6.45, 7) is 3.52. The summed E-state index contributed by atoms with van der Waals surface area (Å²) < 4.78 is 5.24. The minimum atomic E-state index is 0.310. The predicted octanol–water partition coefficient (Wildman–Crippen LogP) is 1.73. The summed E-state index contributed by atoms with van der Waals surface area (Å²) in [5.41, 5.74) is 1.22. The van der Waals surface area contributed by atoms with Crippen molar-refractivity contribution >= 4 is 5.91 Å². The van der Waals surface area contributed by atoms with Gasteiger partial charge in [0, 0.05) is 32.1 Å². The van der Waals surface area contributed by atoms with Gasteiger partial charge in [0.25, 0.3) is 0 Å². The van der Waals surface area contributed by atoms with Crippen LogP contribution in [-0.2, 0) is 11.3 Å². The van der Waals surface area contributed by atoms with E-state index in [4.69, 9.17) is 4.74 Å². The van der Waals surface area contributed by atoms with E-state index in [0.717, 1.165) is 44.8 Å². The number of hydrogen-bond donors (Lipinski definition) is 1. The summed E-state index contributed by atoms with van der Waals surface area (Å²) in [6.07, 6.45) is 2.71. The van der Waals surface area contributed by atoms with Gasteiger partial charge >= 0.3 is 0 Å². The molecule has 0 radical (unpaired) electrons. The Morgan fingerprint density at radius 2 is 2.22 bits per heavy atom. The van der Waals surface area contributed by atoms with E-state index in [1.807, 2.05) is 26.2 Å². The summed E-state index contributed by atoms with van der Waals surface area (Å²) in [7, 11) is 5.78. The first-order valence-corrected chi connectivity index (χ1v) is 8.38. The third-order valence-electron chi connectivity index (χ3n) is 4.36. The lowest BCUT2D eigenvalue weighted by Crippen LogP contribution is -2.39. The number of nitrogens with one attached hydrogen (secondary N) is 1. The number of carbonyl (C=O) groups is 1. The molecule has 5 nitrogen and oxygen atoms in total. The lowest BCUT2D eigenvalue weighted by molar-refractivity contribution is -0.129. The summed E-state index contributed by atoms with van der Waals surface area (Å²) in [6, 6.07) is 8.50. The Bertz CT molecular complexity index is 505. The highest BCUT2D eigenvalue weighted by Gasteiger charge is 2.29. The molecule has 0 aliphatic carbocycles. The zero-order valence-corrected chi connectivity index (χ0v) is 14.5. The second-order valence-corrected chi connectivity index (χ2v) is 6.40. The van der Waals surface area contributed by atoms with Crippen LogP contribution in [0.2, 0.25) is 0 Å². The SMILES string of the molecule is COc1cccc(CNCC[C@H]2CCC(=O)N2CCN(C)C)c1. The van der Waals surface area contributed by atoms with Crippen molar-refractivity contribution < 1.29 is 9.53 Å². The monoisotopic (exact) mass is 319 g/mol. The molecule has 1 aliphatic heterocycles. The van der Waals surface area contributed by atoms with Gasteiger partial charge in [-0.25, -0.2) is 0 Å². The highest BCUT2D eigenvalue weighted by Crippen LogP contribution is 2.20. The van der Waals surface area contributed by atoms with E-state index in [1.54, 1.807) is 7.11 Å². The fourth-order valence-electron chi connectivity index (χ4n) is 2.99. The number of amides is 1. The molecule has 0 unspecified atom stereocenters. The lowest BCUT2D eigenvalue weighted by atomic mass is 10.1. The van der Waals surface area contributed by atoms with Crippen LogP contribution in [0.4, 0.5) is 0 Å². The number of methoxy groups -OCH3 is 1. The molecule has 128 valence electrons. The predicted molar refractivity (Wildman–Crippen MR) is 92.6 cm³/mol. The van der Waals surface area contributed by atoms with Crippen LogP contribution < -0.4 is 10.1 Å². The van der Waals surface area contributed by atoms with Crippen LogP contribution in [0.1, 0.15) is 24.8 Å². The second kappa shape index (κ2) is 8.89. The Kier molecular flexibility index (Phi) is 6.86. The van der Waals surface area contributed by atoms with Crippen molar-refractivity contribution in [3.8, 4) is 5.75 Å². The maximum Gasteiger partial charge on any atom is 0.222 e. The molecule has 0 saturated carbocycles. The number of nitrogens with zero attached hydrogens (tertiary/aromatic N) is 2. The van der Waals surface area contributed by atoms with Gasteiger partial charge in [0.2, 0.25) is 5.91 Å². The standard InChI is InChI=1S/C18H29N3O2/c1-20(2)11-12-21-16(7-8-18(21)22)9-10-19-14-15-5-4-6-17(13-15)23-3/h4-6,13,16,19H,7-12,14H2,1-3H3/t16-/m1/s1. The lowest BCUT2D eigenvalue weighted by Gasteiger charge is -2.26. The van der Waals surface area contributed by atoms with E-state index < -0.39 is 0 Å². The minimum absolute atomic E-state index is 0.310. The summed E-state index contributed by atoms with van der Waals surface area (Å²) in [5, 5.41) is 3.48. The van der Waals surface area contributed by atoms with Gasteiger partial charge in [0.05, 0.1) is 7.11 Å². The Morgan fingerprint density at radius 1 is 1.39 bits per heavy atom. The van der Waals surface area contributed by atoms with Crippen molar-refractivity contribution in [2.24, 2.45) is 0 Å². The number of carbonyl (C=O) groups excluding carboxylic acids is 1. The number of likely N-dealkylation sites (tertiary alicyclic amines) is 1. The van der Waals surface area contributed by atoms with Gasteiger partial charge in [-0.1, -0.05) is 12.1 Å². The van der Waals surface area contributed by atoms with Crippen molar-refractivity contribution in [1.29, 1.82) is 0 Å². The third-order valence-corrected chi connectivity index (χ3v) is 4.36. The van der Waals surface area contributed by atoms with Crippen molar-refractivity contribution in [2.75, 3.05) is 40.8 Å². The van der Waals surface area contributed by atoms with E-state index in [-0.39, 0.29) is 0 Å². The topological polar surface area (TPSA) is 44.8 Å². The minimum Gasteiger partial charge on any atom is -0.497 e. The van der Waals surface area contributed by atoms with Crippen molar-refractivity contribution in [3.63, 3.8) is 0 Å². The molecule has 23 heavy (non-hydrogen) atoms. The van der Waals surface area contributed by atoms with Crippen molar-refractivity contribution in [1.82, 2.24) is 15.1 Å². The summed E-state index contributed by atoms with van der Waals surface area (Å²) in [5.74, 6) is 1.20. The van der Waals surface area contributed by atoms with Crippen LogP contribution in [-0.4, -0.2) is 62.6 Å². The number of hydrogen-bond acceptors (Lipinski definition) is 4. The molecular weight excluding hydrogens is 290 g/mol. The van der Waals surface area contributed by atoms with Crippen molar-refractivity contribution in [3.05, 3.63) is 29.8 Å². The second-order valence-electron chi connectivity index (χ2n) is 6.40. The highest BCUT2D eigenvalue weighted by molar-refractivity contribution is 5.78. The first-order chi connectivity index (χ1) is 11.1. The number of benzene rings is 1. The van der Waals surface area contributed by atoms with Crippen LogP contribution in [0.25, 0.3) is 0 Å². The Balaban J connectivity index is 1.73. The molecule has 1 aromatic carbocycles. The molecule has 0 aromatic heterocycles. The van der Waals surface area contributed by atoms with Gasteiger partial charge in [-0.15, -0.1) is 0 Å². The molecule has 1 amide bonds. The third kappa shape index (κ3) is 5.52. The van der Waals surface area contributed by atoms with Crippen molar-refractivity contribution in [2.45, 2.75) is 31.8 Å². The van der Waals surface area contributed by atoms with Gasteiger partial charge in [-0.3, -0.25) is 4.79 Å². The first kappa shape index (κ1) is 17.8. The summed E-state index contributed by atoms with van der Waals surface area (Å²) in [4.78, 5) is 16.2. The smallest absolute Gasteiger partial charge is 0.222 e. The van der Waals surface area contributed by atoms with Gasteiger partial charge < -0.3 is 19.9 Å². The van der Waals surface area contributed by atoms with Gasteiger partial charge in [-0.2, -0.15) is 0 Å². The summed E-state index contributed by atoms with van der Waals surface area (Å²) >= 11 is 0. The number of ether oxygens (including phenoxy) is 1. The fourth-order valence-corrected chi connectivity index (χ4v) is 2.99. The molecule has 5 heteroatoms. The zero-order valence-electron chi connectivity index (χ0n) is 14.5. The molecule has 0 spiro atoms. The largest absolute Gasteiger partial charge is 0.497 e. The van der Waals surface area contributed by atoms with Gasteiger partial charge in [0.15, 0.2) is 0 Å². The molecule has 1 aromatic rings. The maximum atomic E-state index is 12.0. The van der Waals surface area contributed by atoms with Crippen LogP contribution >= 0.6 is 0 Å². The zero-order chi connectivity index (χ0) is 16.7. The first-order valence-electron chi connectivity index (χ1n) is 8.38. The fraction of sp³-hybridized carbons (Fsp3) is 0.611. The molecule has 1 aliphatic rings. The van der Waals surface area contributed by atoms with E-state index in [0.29, 0.717) is 18.4 Å². The molecule has 1 saturated heterocycles. The van der Waals surface area contributed by atoms with Crippen LogP contribution in [0.5, 0.6) is 5.75 Å². The van der Waals surface area contributed by atoms with Gasteiger partial charge in [-0.05, 0) is 51.2 Å². The van der Waals surface area contributed by atoms with Crippen LogP contribution in [0, 0.1) is 0 Å². The molecule has 0 bridgehead atoms. The molecule has 1 atom stereocenters. The number of likely N-dealkylation sites (N-methyl/N-ethyl adjacent to an activating group) is 1. The molecule has 1 heterocycles. The van der Waals surface area contributed by atoms with E-state index in [2.05, 4.69) is 27.2 Å². The van der Waals surface area contributed by atoms with E-state index in [9.17, 15) is 4.79 Å². The normalized spacial score (nSPS) is 18.0. The molecule has 2 rings (SSSR count). The van der Waals surface area contributed by atoms with Gasteiger partial charge in [0.1, 0.15) is 5.75 Å². The Hall–Kier alpha value is -1.59. The van der Waals surface area contributed by atoms with E-state index in [1.165, 1.54) is 5.56 Å². The van der Waals surface area contributed by atoms with Crippen LogP contribution in [0.3, 0.4) is 0 Å². The maximum absolute atomic E-state index is 12.0. The molecular formula is C18H29N3O2.